The summed E-state index contributed by atoms with van der Waals surface area (Å²) >= 11 is 0. The summed E-state index contributed by atoms with van der Waals surface area (Å²) in [4.78, 5) is 0. The Morgan fingerprint density at radius 3 is 3.36 bits per heavy atom. The molecule has 2 heterocycles. The van der Waals surface area contributed by atoms with Crippen LogP contribution in [0.4, 0.5) is 5.69 Å². The third-order valence-electron chi connectivity index (χ3n) is 2.43. The van der Waals surface area contributed by atoms with E-state index >= 15 is 0 Å². The highest BCUT2D eigenvalue weighted by Gasteiger charge is 2.16. The summed E-state index contributed by atoms with van der Waals surface area (Å²) in [5.74, 6) is 0. The fourth-order valence-corrected chi connectivity index (χ4v) is 1.76. The van der Waals surface area contributed by atoms with Crippen LogP contribution in [-0.4, -0.2) is 29.0 Å². The van der Waals surface area contributed by atoms with Crippen LogP contribution in [0.1, 0.15) is 19.8 Å². The number of hydrogen-bond acceptors (Lipinski definition) is 3. The van der Waals surface area contributed by atoms with Crippen molar-refractivity contribution in [3.63, 3.8) is 0 Å². The SMILES string of the molecule is CCNc1cnn(CC2CCCO2)c1. The third kappa shape index (κ3) is 2.26. The summed E-state index contributed by atoms with van der Waals surface area (Å²) in [6.45, 7) is 4.81. The van der Waals surface area contributed by atoms with E-state index < -0.39 is 0 Å². The zero-order chi connectivity index (χ0) is 9.80. The first-order valence-corrected chi connectivity index (χ1v) is 5.26. The molecule has 1 aliphatic heterocycles. The number of ether oxygens (including phenoxy) is 1. The molecule has 78 valence electrons. The van der Waals surface area contributed by atoms with E-state index in [0.29, 0.717) is 6.10 Å². The highest BCUT2D eigenvalue weighted by atomic mass is 16.5. The van der Waals surface area contributed by atoms with E-state index in [-0.39, 0.29) is 0 Å². The molecule has 4 nitrogen and oxygen atoms in total. The minimum absolute atomic E-state index is 0.365. The number of nitrogens with one attached hydrogen (secondary N) is 1. The van der Waals surface area contributed by atoms with Crippen molar-refractivity contribution in [2.75, 3.05) is 18.5 Å². The van der Waals surface area contributed by atoms with Gasteiger partial charge in [-0.15, -0.1) is 0 Å². The molecule has 0 bridgehead atoms. The number of nitrogens with zero attached hydrogens (tertiary/aromatic N) is 2. The van der Waals surface area contributed by atoms with Gasteiger partial charge in [0.05, 0.1) is 24.5 Å². The predicted molar refractivity (Wildman–Crippen MR) is 55.4 cm³/mol. The molecule has 2 rings (SSSR count). The molecular formula is C10H17N3O. The standard InChI is InChI=1S/C10H17N3O/c1-2-11-9-6-12-13(7-9)8-10-4-3-5-14-10/h6-7,10-11H,2-5,8H2,1H3. The molecule has 4 heteroatoms. The van der Waals surface area contributed by atoms with E-state index in [2.05, 4.69) is 17.3 Å². The van der Waals surface area contributed by atoms with Gasteiger partial charge in [-0.05, 0) is 19.8 Å². The van der Waals surface area contributed by atoms with Gasteiger partial charge < -0.3 is 10.1 Å². The predicted octanol–water partition coefficient (Wildman–Crippen LogP) is 1.49. The molecule has 14 heavy (non-hydrogen) atoms. The van der Waals surface area contributed by atoms with Gasteiger partial charge in [0.1, 0.15) is 0 Å². The Kier molecular flexibility index (Phi) is 3.03. The van der Waals surface area contributed by atoms with Crippen molar-refractivity contribution in [2.24, 2.45) is 0 Å². The van der Waals surface area contributed by atoms with Gasteiger partial charge in [-0.3, -0.25) is 4.68 Å². The first-order valence-electron chi connectivity index (χ1n) is 5.26. The Bertz CT molecular complexity index is 279. The molecule has 1 fully saturated rings. The van der Waals surface area contributed by atoms with Crippen molar-refractivity contribution in [1.29, 1.82) is 0 Å². The van der Waals surface area contributed by atoms with Gasteiger partial charge in [0.2, 0.25) is 0 Å². The summed E-state index contributed by atoms with van der Waals surface area (Å²) in [6, 6.07) is 0. The van der Waals surface area contributed by atoms with E-state index in [1.54, 1.807) is 0 Å². The maximum absolute atomic E-state index is 5.54. The molecular weight excluding hydrogens is 178 g/mol. The van der Waals surface area contributed by atoms with E-state index in [0.717, 1.165) is 31.8 Å². The maximum Gasteiger partial charge on any atom is 0.0771 e. The second kappa shape index (κ2) is 4.46. The van der Waals surface area contributed by atoms with E-state index in [1.807, 2.05) is 17.1 Å². The fourth-order valence-electron chi connectivity index (χ4n) is 1.76. The largest absolute Gasteiger partial charge is 0.383 e. The lowest BCUT2D eigenvalue weighted by molar-refractivity contribution is 0.0940. The zero-order valence-corrected chi connectivity index (χ0v) is 8.57. The second-order valence-corrected chi connectivity index (χ2v) is 3.62. The van der Waals surface area contributed by atoms with E-state index in [1.165, 1.54) is 6.42 Å². The summed E-state index contributed by atoms with van der Waals surface area (Å²) in [5, 5.41) is 7.50. The highest BCUT2D eigenvalue weighted by Crippen LogP contribution is 2.14. The molecule has 1 aromatic heterocycles. The van der Waals surface area contributed by atoms with Crippen LogP contribution >= 0.6 is 0 Å². The molecule has 1 N–H and O–H groups in total. The van der Waals surface area contributed by atoms with Gasteiger partial charge in [0.15, 0.2) is 0 Å². The molecule has 1 aromatic rings. The lowest BCUT2D eigenvalue weighted by Gasteiger charge is -2.08. The van der Waals surface area contributed by atoms with Gasteiger partial charge in [-0.1, -0.05) is 0 Å². The first-order chi connectivity index (χ1) is 6.88. The maximum atomic E-state index is 5.54. The van der Waals surface area contributed by atoms with Gasteiger partial charge >= 0.3 is 0 Å². The summed E-state index contributed by atoms with van der Waals surface area (Å²) < 4.78 is 7.50. The van der Waals surface area contributed by atoms with E-state index in [4.69, 9.17) is 4.74 Å². The molecule has 1 atom stereocenters. The highest BCUT2D eigenvalue weighted by molar-refractivity contribution is 5.37. The topological polar surface area (TPSA) is 39.1 Å². The van der Waals surface area contributed by atoms with Crippen LogP contribution in [-0.2, 0) is 11.3 Å². The molecule has 0 aromatic carbocycles. The normalized spacial score (nSPS) is 21.4. The molecule has 0 spiro atoms. The van der Waals surface area contributed by atoms with Crippen molar-refractivity contribution in [1.82, 2.24) is 9.78 Å². The average Bonchev–Trinajstić information content (AvgIpc) is 2.79. The minimum Gasteiger partial charge on any atom is -0.383 e. The first kappa shape index (κ1) is 9.52. The quantitative estimate of drug-likeness (QED) is 0.791. The van der Waals surface area contributed by atoms with E-state index in [9.17, 15) is 0 Å². The van der Waals surface area contributed by atoms with Crippen molar-refractivity contribution < 1.29 is 4.74 Å². The summed E-state index contributed by atoms with van der Waals surface area (Å²) in [7, 11) is 0. The Labute approximate surface area is 84.3 Å². The molecule has 1 saturated heterocycles. The monoisotopic (exact) mass is 195 g/mol. The third-order valence-corrected chi connectivity index (χ3v) is 2.43. The van der Waals surface area contributed by atoms with Crippen LogP contribution in [0.2, 0.25) is 0 Å². The number of rotatable bonds is 4. The Hall–Kier alpha value is -1.03. The van der Waals surface area contributed by atoms with Gasteiger partial charge in [0.25, 0.3) is 0 Å². The Morgan fingerprint density at radius 1 is 1.71 bits per heavy atom. The number of aromatic nitrogens is 2. The summed E-state index contributed by atoms with van der Waals surface area (Å²) in [6.07, 6.45) is 6.61. The Morgan fingerprint density at radius 2 is 2.64 bits per heavy atom. The minimum atomic E-state index is 0.365. The smallest absolute Gasteiger partial charge is 0.0771 e. The van der Waals surface area contributed by atoms with Crippen LogP contribution < -0.4 is 5.32 Å². The van der Waals surface area contributed by atoms with Crippen molar-refractivity contribution in [3.05, 3.63) is 12.4 Å². The second-order valence-electron chi connectivity index (χ2n) is 3.62. The van der Waals surface area contributed by atoms with Gasteiger partial charge in [-0.2, -0.15) is 5.10 Å². The Balaban J connectivity index is 1.88. The lowest BCUT2D eigenvalue weighted by Crippen LogP contribution is -2.15. The lowest BCUT2D eigenvalue weighted by atomic mass is 10.2. The zero-order valence-electron chi connectivity index (χ0n) is 8.57. The fraction of sp³-hybridized carbons (Fsp3) is 0.700. The van der Waals surface area contributed by atoms with Crippen LogP contribution in [0, 0.1) is 0 Å². The summed E-state index contributed by atoms with van der Waals surface area (Å²) in [5.41, 5.74) is 1.09. The number of anilines is 1. The number of hydrogen-bond donors (Lipinski definition) is 1. The molecule has 0 amide bonds. The van der Waals surface area contributed by atoms with Crippen LogP contribution in [0.5, 0.6) is 0 Å². The van der Waals surface area contributed by atoms with Crippen LogP contribution in [0.25, 0.3) is 0 Å². The van der Waals surface area contributed by atoms with Crippen molar-refractivity contribution in [3.8, 4) is 0 Å². The van der Waals surface area contributed by atoms with Crippen LogP contribution in [0.3, 0.4) is 0 Å². The van der Waals surface area contributed by atoms with Gasteiger partial charge in [0, 0.05) is 19.3 Å². The van der Waals surface area contributed by atoms with Gasteiger partial charge in [-0.25, -0.2) is 0 Å². The van der Waals surface area contributed by atoms with Crippen LogP contribution in [0.15, 0.2) is 12.4 Å². The average molecular weight is 195 g/mol. The molecule has 0 saturated carbocycles. The molecule has 1 unspecified atom stereocenters. The molecule has 0 aliphatic carbocycles. The van der Waals surface area contributed by atoms with Crippen molar-refractivity contribution in [2.45, 2.75) is 32.4 Å². The molecule has 1 aliphatic rings. The molecule has 0 radical (unpaired) electrons. The van der Waals surface area contributed by atoms with Crippen molar-refractivity contribution >= 4 is 5.69 Å².